The van der Waals surface area contributed by atoms with E-state index < -0.39 is 0 Å². The molecule has 1 aromatic rings. The van der Waals surface area contributed by atoms with Crippen LogP contribution in [0.2, 0.25) is 0 Å². The van der Waals surface area contributed by atoms with Crippen LogP contribution in [0.5, 0.6) is 0 Å². The summed E-state index contributed by atoms with van der Waals surface area (Å²) in [6.07, 6.45) is 1.86. The van der Waals surface area contributed by atoms with Crippen LogP contribution < -0.4 is 10.2 Å². The Balaban J connectivity index is 1.53. The summed E-state index contributed by atoms with van der Waals surface area (Å²) in [5.74, 6) is 2.10. The Bertz CT molecular complexity index is 598. The maximum atomic E-state index is 5.61. The number of aromatic nitrogens is 1. The van der Waals surface area contributed by atoms with Crippen LogP contribution in [0.25, 0.3) is 0 Å². The van der Waals surface area contributed by atoms with E-state index in [-0.39, 0.29) is 5.54 Å². The van der Waals surface area contributed by atoms with E-state index in [0.717, 1.165) is 77.3 Å². The molecule has 2 aliphatic heterocycles. The molecule has 7 nitrogen and oxygen atoms in total. The number of aliphatic imine (C=N–C) groups is 1. The van der Waals surface area contributed by atoms with Crippen molar-refractivity contribution in [1.29, 1.82) is 0 Å². The molecule has 1 N–H and O–H groups in total. The molecular formula is C20H34N6O. The van der Waals surface area contributed by atoms with Crippen LogP contribution in [0.15, 0.2) is 29.4 Å². The number of ether oxygens (including phenoxy) is 1. The molecule has 0 bridgehead atoms. The number of pyridine rings is 1. The molecule has 0 unspecified atom stereocenters. The van der Waals surface area contributed by atoms with E-state index in [4.69, 9.17) is 9.73 Å². The van der Waals surface area contributed by atoms with Crippen molar-refractivity contribution < 1.29 is 4.74 Å². The molecule has 3 rings (SSSR count). The minimum absolute atomic E-state index is 0.0976. The van der Waals surface area contributed by atoms with Crippen LogP contribution in [0.3, 0.4) is 0 Å². The predicted octanol–water partition coefficient (Wildman–Crippen LogP) is 1.28. The van der Waals surface area contributed by atoms with Gasteiger partial charge in [0.1, 0.15) is 5.82 Å². The van der Waals surface area contributed by atoms with E-state index in [1.807, 2.05) is 18.3 Å². The summed E-state index contributed by atoms with van der Waals surface area (Å²) < 4.78 is 5.61. The quantitative estimate of drug-likeness (QED) is 0.619. The van der Waals surface area contributed by atoms with Gasteiger partial charge in [0, 0.05) is 57.5 Å². The van der Waals surface area contributed by atoms with Gasteiger partial charge in [-0.15, -0.1) is 0 Å². The molecule has 7 heteroatoms. The molecule has 0 saturated carbocycles. The van der Waals surface area contributed by atoms with Gasteiger partial charge < -0.3 is 19.9 Å². The monoisotopic (exact) mass is 374 g/mol. The van der Waals surface area contributed by atoms with E-state index in [1.54, 1.807) is 0 Å². The second kappa shape index (κ2) is 9.37. The molecule has 1 aromatic heterocycles. The molecular weight excluding hydrogens is 340 g/mol. The van der Waals surface area contributed by atoms with Gasteiger partial charge >= 0.3 is 0 Å². The van der Waals surface area contributed by atoms with Gasteiger partial charge in [-0.3, -0.25) is 9.89 Å². The number of rotatable bonds is 5. The fraction of sp³-hybridized carbons (Fsp3) is 0.700. The highest BCUT2D eigenvalue weighted by molar-refractivity contribution is 5.80. The van der Waals surface area contributed by atoms with Crippen LogP contribution in [0.4, 0.5) is 5.82 Å². The van der Waals surface area contributed by atoms with Crippen molar-refractivity contribution in [2.75, 3.05) is 70.5 Å². The second-order valence-electron chi connectivity index (χ2n) is 7.75. The van der Waals surface area contributed by atoms with Gasteiger partial charge in [0.2, 0.25) is 0 Å². The maximum Gasteiger partial charge on any atom is 0.194 e. The van der Waals surface area contributed by atoms with Crippen LogP contribution in [-0.4, -0.2) is 91.9 Å². The van der Waals surface area contributed by atoms with Crippen LogP contribution in [0.1, 0.15) is 20.8 Å². The molecule has 3 heterocycles. The molecule has 2 aliphatic rings. The van der Waals surface area contributed by atoms with E-state index in [2.05, 4.69) is 51.8 Å². The molecule has 2 saturated heterocycles. The van der Waals surface area contributed by atoms with Gasteiger partial charge in [-0.05, 0) is 32.9 Å². The third kappa shape index (κ3) is 5.32. The largest absolute Gasteiger partial charge is 0.378 e. The lowest BCUT2D eigenvalue weighted by Crippen LogP contribution is -2.54. The summed E-state index contributed by atoms with van der Waals surface area (Å²) in [6, 6.07) is 6.10. The number of guanidine groups is 1. The van der Waals surface area contributed by atoms with Gasteiger partial charge in [0.05, 0.1) is 19.8 Å². The highest BCUT2D eigenvalue weighted by atomic mass is 16.5. The molecule has 150 valence electrons. The fourth-order valence-electron chi connectivity index (χ4n) is 3.70. The zero-order valence-corrected chi connectivity index (χ0v) is 17.0. The Labute approximate surface area is 163 Å². The lowest BCUT2D eigenvalue weighted by atomic mass is 10.0. The average Bonchev–Trinajstić information content (AvgIpc) is 2.69. The first kappa shape index (κ1) is 19.9. The smallest absolute Gasteiger partial charge is 0.194 e. The van der Waals surface area contributed by atoms with Crippen LogP contribution in [-0.2, 0) is 4.74 Å². The Kier molecular flexibility index (Phi) is 6.90. The number of nitrogens with zero attached hydrogens (tertiary/aromatic N) is 5. The van der Waals surface area contributed by atoms with Crippen LogP contribution in [0, 0.1) is 0 Å². The second-order valence-corrected chi connectivity index (χ2v) is 7.75. The molecule has 0 aliphatic carbocycles. The zero-order chi connectivity index (χ0) is 19.1. The fourth-order valence-corrected chi connectivity index (χ4v) is 3.70. The van der Waals surface area contributed by atoms with Gasteiger partial charge in [0.15, 0.2) is 5.96 Å². The number of nitrogens with one attached hydrogen (secondary N) is 1. The van der Waals surface area contributed by atoms with Crippen molar-refractivity contribution >= 4 is 11.8 Å². The van der Waals surface area contributed by atoms with Gasteiger partial charge in [0.25, 0.3) is 0 Å². The Hall–Kier alpha value is -1.86. The van der Waals surface area contributed by atoms with E-state index in [0.29, 0.717) is 0 Å². The van der Waals surface area contributed by atoms with Gasteiger partial charge in [-0.25, -0.2) is 4.98 Å². The normalized spacial score (nSPS) is 21.4. The number of hydrogen-bond acceptors (Lipinski definition) is 5. The number of anilines is 1. The van der Waals surface area contributed by atoms with Crippen molar-refractivity contribution in [3.05, 3.63) is 24.4 Å². The lowest BCUT2D eigenvalue weighted by molar-refractivity contribution is -0.0491. The molecule has 0 radical (unpaired) electrons. The lowest BCUT2D eigenvalue weighted by Gasteiger charge is -2.42. The summed E-state index contributed by atoms with van der Waals surface area (Å²) >= 11 is 0. The third-order valence-electron chi connectivity index (χ3n) is 5.34. The first-order valence-corrected chi connectivity index (χ1v) is 10.1. The first-order chi connectivity index (χ1) is 13.1. The highest BCUT2D eigenvalue weighted by Crippen LogP contribution is 2.18. The minimum atomic E-state index is 0.0976. The van der Waals surface area contributed by atoms with E-state index in [1.165, 1.54) is 0 Å². The summed E-state index contributed by atoms with van der Waals surface area (Å²) in [5.41, 5.74) is 0.0976. The van der Waals surface area contributed by atoms with Crippen molar-refractivity contribution in [1.82, 2.24) is 20.1 Å². The van der Waals surface area contributed by atoms with E-state index >= 15 is 0 Å². The summed E-state index contributed by atoms with van der Waals surface area (Å²) in [6.45, 7) is 15.8. The molecule has 0 spiro atoms. The van der Waals surface area contributed by atoms with Crippen molar-refractivity contribution in [2.24, 2.45) is 4.99 Å². The SMILES string of the molecule is CCNC(=NCCN1CCOCC1(C)C)N1CCN(c2ccccn2)CC1. The van der Waals surface area contributed by atoms with E-state index in [9.17, 15) is 0 Å². The summed E-state index contributed by atoms with van der Waals surface area (Å²) in [7, 11) is 0. The Morgan fingerprint density at radius 2 is 2.04 bits per heavy atom. The minimum Gasteiger partial charge on any atom is -0.378 e. The van der Waals surface area contributed by atoms with Gasteiger partial charge in [-0.2, -0.15) is 0 Å². The standard InChI is InChI=1S/C20H34N6O/c1-4-21-19(23-9-10-26-15-16-27-17-20(26,2)3)25-13-11-24(12-14-25)18-7-5-6-8-22-18/h5-8H,4,9-17H2,1-3H3,(H,21,23). The third-order valence-corrected chi connectivity index (χ3v) is 5.34. The molecule has 0 atom stereocenters. The Morgan fingerprint density at radius 3 is 2.70 bits per heavy atom. The summed E-state index contributed by atoms with van der Waals surface area (Å²) in [4.78, 5) is 16.6. The maximum absolute atomic E-state index is 5.61. The van der Waals surface area contributed by atoms with Crippen molar-refractivity contribution in [2.45, 2.75) is 26.3 Å². The molecule has 2 fully saturated rings. The molecule has 0 amide bonds. The van der Waals surface area contributed by atoms with Crippen molar-refractivity contribution in [3.63, 3.8) is 0 Å². The predicted molar refractivity (Wildman–Crippen MR) is 110 cm³/mol. The Morgan fingerprint density at radius 1 is 1.22 bits per heavy atom. The van der Waals surface area contributed by atoms with Crippen molar-refractivity contribution in [3.8, 4) is 0 Å². The van der Waals surface area contributed by atoms with Crippen LogP contribution >= 0.6 is 0 Å². The molecule has 0 aromatic carbocycles. The van der Waals surface area contributed by atoms with Gasteiger partial charge in [-0.1, -0.05) is 6.07 Å². The first-order valence-electron chi connectivity index (χ1n) is 10.1. The average molecular weight is 375 g/mol. The topological polar surface area (TPSA) is 56.2 Å². The highest BCUT2D eigenvalue weighted by Gasteiger charge is 2.30. The zero-order valence-electron chi connectivity index (χ0n) is 17.0. The number of hydrogen-bond donors (Lipinski definition) is 1. The molecule has 27 heavy (non-hydrogen) atoms. The number of morpholine rings is 1. The summed E-state index contributed by atoms with van der Waals surface area (Å²) in [5, 5.41) is 3.46. The number of piperazine rings is 1.